The van der Waals surface area contributed by atoms with E-state index in [2.05, 4.69) is 10.3 Å². The summed E-state index contributed by atoms with van der Waals surface area (Å²) in [7, 11) is 0. The molecular formula is C29H26F14N6O4. The number of hydrogen-bond acceptors (Lipinski definition) is 7. The van der Waals surface area contributed by atoms with Gasteiger partial charge in [0.15, 0.2) is 0 Å². The van der Waals surface area contributed by atoms with Crippen LogP contribution in [-0.4, -0.2) is 119 Å². The molecule has 4 heterocycles. The fraction of sp³-hybridized carbons (Fsp3) is 0.586. The first-order chi connectivity index (χ1) is 24.4. The summed E-state index contributed by atoms with van der Waals surface area (Å²) in [4.78, 5) is 29.8. The molecule has 2 saturated heterocycles. The molecule has 0 atom stereocenters. The molecule has 0 aliphatic carbocycles. The van der Waals surface area contributed by atoms with Crippen molar-refractivity contribution < 1.29 is 75.7 Å². The van der Waals surface area contributed by atoms with Crippen LogP contribution in [-0.2, 0) is 22.6 Å². The number of amides is 1. The monoisotopic (exact) mass is 788 g/mol. The van der Waals surface area contributed by atoms with Crippen molar-refractivity contribution >= 4 is 22.5 Å². The third-order valence-corrected chi connectivity index (χ3v) is 8.60. The summed E-state index contributed by atoms with van der Waals surface area (Å²) in [5, 5.41) is 6.70. The number of rotatable bonds is 11. The van der Waals surface area contributed by atoms with Gasteiger partial charge in [0.05, 0.1) is 50.4 Å². The molecule has 2 aliphatic rings. The summed E-state index contributed by atoms with van der Waals surface area (Å²) in [5.74, 6) is -39.1. The molecule has 0 radical (unpaired) electrons. The highest BCUT2D eigenvalue weighted by atomic mass is 19.4. The van der Waals surface area contributed by atoms with Gasteiger partial charge in [0.1, 0.15) is 17.1 Å². The van der Waals surface area contributed by atoms with Crippen molar-refractivity contribution in [1.82, 2.24) is 24.5 Å². The molecule has 0 spiro atoms. The molecule has 0 saturated carbocycles. The lowest BCUT2D eigenvalue weighted by Gasteiger charge is -2.39. The van der Waals surface area contributed by atoms with Crippen molar-refractivity contribution in [3.05, 3.63) is 51.8 Å². The highest BCUT2D eigenvalue weighted by Crippen LogP contribution is 2.60. The van der Waals surface area contributed by atoms with Gasteiger partial charge in [-0.15, -0.1) is 5.10 Å². The standard InChI is InChI=1S/C29H26F14N6O4/c30-19-11-17-20(12-21(19)46-3-7-52-8-4-46)48(15-18(22(17)50)23(51)47-5-9-53-10-6-47)13-16-14-49(45-44-16)2-1-24(31,32)25(33,34)26(35,36)27(37,38)28(39,40)29(41,42)43/h11-12,14-15H,1-10,13H2. The molecule has 2 aliphatic heterocycles. The summed E-state index contributed by atoms with van der Waals surface area (Å²) < 4.78 is 203. The number of aryl methyl sites for hydroxylation is 1. The number of carbonyl (C=O) groups excluding carboxylic acids is 1. The maximum absolute atomic E-state index is 15.4. The van der Waals surface area contributed by atoms with Crippen molar-refractivity contribution in [3.8, 4) is 0 Å². The Labute approximate surface area is 287 Å². The molecule has 5 rings (SSSR count). The molecule has 0 bridgehead atoms. The highest BCUT2D eigenvalue weighted by molar-refractivity contribution is 5.98. The van der Waals surface area contributed by atoms with Crippen LogP contribution in [0.3, 0.4) is 0 Å². The van der Waals surface area contributed by atoms with Crippen LogP contribution in [0, 0.1) is 5.82 Å². The Morgan fingerprint density at radius 1 is 0.755 bits per heavy atom. The molecule has 53 heavy (non-hydrogen) atoms. The van der Waals surface area contributed by atoms with E-state index in [1.54, 1.807) is 4.90 Å². The van der Waals surface area contributed by atoms with E-state index in [1.165, 1.54) is 15.5 Å². The molecule has 0 unspecified atom stereocenters. The largest absolute Gasteiger partial charge is 0.460 e. The molecule has 24 heteroatoms. The van der Waals surface area contributed by atoms with E-state index in [1.807, 2.05) is 0 Å². The maximum Gasteiger partial charge on any atom is 0.460 e. The van der Waals surface area contributed by atoms with Gasteiger partial charge in [-0.25, -0.2) is 4.39 Å². The number of fused-ring (bicyclic) bond motifs is 1. The zero-order chi connectivity index (χ0) is 39.4. The highest BCUT2D eigenvalue weighted by Gasteiger charge is 2.90. The number of aromatic nitrogens is 4. The van der Waals surface area contributed by atoms with Crippen molar-refractivity contribution in [1.29, 1.82) is 0 Å². The van der Waals surface area contributed by atoms with E-state index in [4.69, 9.17) is 9.47 Å². The smallest absolute Gasteiger partial charge is 0.378 e. The minimum Gasteiger partial charge on any atom is -0.378 e. The average molecular weight is 789 g/mol. The second-order valence-electron chi connectivity index (χ2n) is 12.0. The molecule has 2 fully saturated rings. The predicted octanol–water partition coefficient (Wildman–Crippen LogP) is 5.22. The minimum atomic E-state index is -8.02. The predicted molar refractivity (Wildman–Crippen MR) is 152 cm³/mol. The molecule has 1 aromatic carbocycles. The number of morpholine rings is 2. The SMILES string of the molecule is O=C(c1cn(Cc2cn(CCC(F)(F)C(F)(F)C(F)(F)C(F)(F)C(F)(F)C(F)(F)F)nn2)c2cc(N3CCOCC3)c(F)cc2c1=O)N1CCOCC1. The Balaban J connectivity index is 1.44. The Morgan fingerprint density at radius 2 is 1.32 bits per heavy atom. The van der Waals surface area contributed by atoms with Gasteiger partial charge < -0.3 is 23.8 Å². The fourth-order valence-corrected chi connectivity index (χ4v) is 5.57. The zero-order valence-corrected chi connectivity index (χ0v) is 26.7. The maximum atomic E-state index is 15.4. The van der Waals surface area contributed by atoms with Crippen LogP contribution >= 0.6 is 0 Å². The second-order valence-corrected chi connectivity index (χ2v) is 12.0. The average Bonchev–Trinajstić information content (AvgIpc) is 3.55. The van der Waals surface area contributed by atoms with E-state index >= 15 is 4.39 Å². The molecule has 2 aromatic heterocycles. The van der Waals surface area contributed by atoms with Crippen LogP contribution in [0.4, 0.5) is 67.2 Å². The number of pyridine rings is 1. The lowest BCUT2D eigenvalue weighted by Crippen LogP contribution is -2.70. The first-order valence-electron chi connectivity index (χ1n) is 15.4. The van der Waals surface area contributed by atoms with Gasteiger partial charge in [0, 0.05) is 50.7 Å². The van der Waals surface area contributed by atoms with E-state index in [0.717, 1.165) is 18.5 Å². The summed E-state index contributed by atoms with van der Waals surface area (Å²) >= 11 is 0. The fourth-order valence-electron chi connectivity index (χ4n) is 5.57. The number of hydrogen-bond donors (Lipinski definition) is 0. The number of benzene rings is 1. The molecule has 0 N–H and O–H groups in total. The van der Waals surface area contributed by atoms with Gasteiger partial charge in [-0.3, -0.25) is 14.3 Å². The topological polar surface area (TPSA) is 94.7 Å². The van der Waals surface area contributed by atoms with Gasteiger partial charge >= 0.3 is 35.8 Å². The summed E-state index contributed by atoms with van der Waals surface area (Å²) in [6.07, 6.45) is -8.20. The van der Waals surface area contributed by atoms with E-state index < -0.39 is 78.0 Å². The second kappa shape index (κ2) is 13.9. The molecule has 3 aromatic rings. The Morgan fingerprint density at radius 3 is 1.91 bits per heavy atom. The number of anilines is 1. The number of nitrogens with zero attached hydrogens (tertiary/aromatic N) is 6. The molecule has 1 amide bonds. The van der Waals surface area contributed by atoms with Crippen molar-refractivity contribution in [2.75, 3.05) is 57.5 Å². The Kier molecular flexibility index (Phi) is 10.5. The number of carbonyl (C=O) groups is 1. The van der Waals surface area contributed by atoms with Crippen molar-refractivity contribution in [2.24, 2.45) is 0 Å². The van der Waals surface area contributed by atoms with Gasteiger partial charge in [-0.05, 0) is 12.1 Å². The van der Waals surface area contributed by atoms with E-state index in [-0.39, 0.29) is 74.9 Å². The summed E-state index contributed by atoms with van der Waals surface area (Å²) in [5.41, 5.74) is -1.48. The van der Waals surface area contributed by atoms with Crippen molar-refractivity contribution in [3.63, 3.8) is 0 Å². The molecular weight excluding hydrogens is 762 g/mol. The zero-order valence-electron chi connectivity index (χ0n) is 26.7. The minimum absolute atomic E-state index is 0.0240. The summed E-state index contributed by atoms with van der Waals surface area (Å²) in [6, 6.07) is 2.18. The van der Waals surface area contributed by atoms with E-state index in [9.17, 15) is 66.7 Å². The van der Waals surface area contributed by atoms with Crippen LogP contribution in [0.1, 0.15) is 22.5 Å². The Hall–Kier alpha value is -4.22. The normalized spacial score (nSPS) is 17.2. The quantitative estimate of drug-likeness (QED) is 0.246. The van der Waals surface area contributed by atoms with Gasteiger partial charge in [-0.2, -0.15) is 57.1 Å². The lowest BCUT2D eigenvalue weighted by atomic mass is 9.92. The number of ether oxygens (including phenoxy) is 2. The first-order valence-corrected chi connectivity index (χ1v) is 15.4. The Bertz CT molecular complexity index is 1890. The van der Waals surface area contributed by atoms with Crippen molar-refractivity contribution in [2.45, 2.75) is 55.3 Å². The van der Waals surface area contributed by atoms with Crippen LogP contribution in [0.25, 0.3) is 10.9 Å². The third kappa shape index (κ3) is 6.98. The van der Waals surface area contributed by atoms with Gasteiger partial charge in [-0.1, -0.05) is 5.21 Å². The molecule has 10 nitrogen and oxygen atoms in total. The third-order valence-electron chi connectivity index (χ3n) is 8.60. The van der Waals surface area contributed by atoms with Crippen LogP contribution in [0.5, 0.6) is 0 Å². The summed E-state index contributed by atoms with van der Waals surface area (Å²) in [6.45, 7) is -0.517. The van der Waals surface area contributed by atoms with Gasteiger partial charge in [0.2, 0.25) is 5.43 Å². The van der Waals surface area contributed by atoms with Crippen LogP contribution in [0.2, 0.25) is 0 Å². The first kappa shape index (κ1) is 40.0. The number of halogens is 14. The molecule has 294 valence electrons. The lowest BCUT2D eigenvalue weighted by molar-refractivity contribution is -0.440. The van der Waals surface area contributed by atoms with Crippen LogP contribution in [0.15, 0.2) is 29.3 Å². The van der Waals surface area contributed by atoms with E-state index in [0.29, 0.717) is 4.68 Å². The number of alkyl halides is 13. The van der Waals surface area contributed by atoms with Crippen LogP contribution < -0.4 is 10.3 Å². The van der Waals surface area contributed by atoms with Gasteiger partial charge in [0.25, 0.3) is 5.91 Å².